The molecule has 1 aliphatic heterocycles. The molecule has 3 rings (SSSR count). The first kappa shape index (κ1) is 17.0. The van der Waals surface area contributed by atoms with Crippen LogP contribution in [0, 0.1) is 13.8 Å². The molecule has 4 N–H and O–H groups in total. The Kier molecular flexibility index (Phi) is 4.74. The lowest BCUT2D eigenvalue weighted by Gasteiger charge is -2.20. The largest absolute Gasteiger partial charge is 0.384 e. The Morgan fingerprint density at radius 3 is 2.96 bits per heavy atom. The fraction of sp³-hybridized carbons (Fsp3) is 0.389. The summed E-state index contributed by atoms with van der Waals surface area (Å²) in [4.78, 5) is 29.1. The molecule has 3 heterocycles. The lowest BCUT2D eigenvalue weighted by Crippen LogP contribution is -2.35. The predicted molar refractivity (Wildman–Crippen MR) is 97.5 cm³/mol. The van der Waals surface area contributed by atoms with Crippen LogP contribution < -0.4 is 21.9 Å². The molecule has 132 valence electrons. The van der Waals surface area contributed by atoms with Gasteiger partial charge in [0.15, 0.2) is 0 Å². The molecule has 0 aromatic carbocycles. The van der Waals surface area contributed by atoms with Crippen molar-refractivity contribution in [3.63, 3.8) is 0 Å². The van der Waals surface area contributed by atoms with Crippen molar-refractivity contribution in [3.05, 3.63) is 51.1 Å². The molecule has 2 aromatic rings. The second kappa shape index (κ2) is 6.96. The van der Waals surface area contributed by atoms with Crippen molar-refractivity contribution >= 4 is 17.4 Å². The van der Waals surface area contributed by atoms with E-state index in [0.29, 0.717) is 18.1 Å². The number of hydrogen-bond donors (Lipinski definition) is 3. The SMILES string of the molecule is Cc1nc(N)ccc1CNC(=O)Cn1c(C)cc2c(c1=O)NCCC2. The summed E-state index contributed by atoms with van der Waals surface area (Å²) in [5.41, 5.74) is 9.65. The normalized spacial score (nSPS) is 13.0. The summed E-state index contributed by atoms with van der Waals surface area (Å²) in [6, 6.07) is 5.54. The van der Waals surface area contributed by atoms with Crippen LogP contribution in [0.25, 0.3) is 0 Å². The Morgan fingerprint density at radius 2 is 2.20 bits per heavy atom. The number of rotatable bonds is 4. The number of anilines is 2. The molecule has 0 bridgehead atoms. The average molecular weight is 341 g/mol. The fourth-order valence-electron chi connectivity index (χ4n) is 3.10. The highest BCUT2D eigenvalue weighted by Gasteiger charge is 2.17. The van der Waals surface area contributed by atoms with Crippen LogP contribution in [0.2, 0.25) is 0 Å². The summed E-state index contributed by atoms with van der Waals surface area (Å²) in [6.07, 6.45) is 1.92. The molecule has 0 unspecified atom stereocenters. The molecule has 25 heavy (non-hydrogen) atoms. The molecule has 0 saturated carbocycles. The molecular weight excluding hydrogens is 318 g/mol. The number of fused-ring (bicyclic) bond motifs is 1. The molecule has 0 spiro atoms. The first-order valence-electron chi connectivity index (χ1n) is 8.41. The van der Waals surface area contributed by atoms with Gasteiger partial charge in [-0.05, 0) is 49.9 Å². The molecule has 7 nitrogen and oxygen atoms in total. The van der Waals surface area contributed by atoms with E-state index in [0.717, 1.165) is 41.9 Å². The zero-order valence-corrected chi connectivity index (χ0v) is 14.6. The second-order valence-electron chi connectivity index (χ2n) is 6.36. The van der Waals surface area contributed by atoms with E-state index in [2.05, 4.69) is 15.6 Å². The maximum atomic E-state index is 12.6. The third-order valence-electron chi connectivity index (χ3n) is 4.51. The van der Waals surface area contributed by atoms with Gasteiger partial charge in [0.2, 0.25) is 5.91 Å². The Hall–Kier alpha value is -2.83. The Morgan fingerprint density at radius 1 is 1.40 bits per heavy atom. The van der Waals surface area contributed by atoms with Crippen LogP contribution in [0.4, 0.5) is 11.5 Å². The summed E-state index contributed by atoms with van der Waals surface area (Å²) in [7, 11) is 0. The van der Waals surface area contributed by atoms with Gasteiger partial charge in [-0.25, -0.2) is 4.98 Å². The number of nitrogen functional groups attached to an aromatic ring is 1. The predicted octanol–water partition coefficient (Wildman–Crippen LogP) is 1.12. The summed E-state index contributed by atoms with van der Waals surface area (Å²) < 4.78 is 1.51. The maximum Gasteiger partial charge on any atom is 0.274 e. The number of nitrogens with two attached hydrogens (primary N) is 1. The van der Waals surface area contributed by atoms with Crippen LogP contribution in [-0.4, -0.2) is 22.0 Å². The Bertz CT molecular complexity index is 873. The van der Waals surface area contributed by atoms with Crippen LogP contribution >= 0.6 is 0 Å². The number of hydrogen-bond acceptors (Lipinski definition) is 5. The fourth-order valence-corrected chi connectivity index (χ4v) is 3.10. The van der Waals surface area contributed by atoms with Crippen molar-refractivity contribution in [2.45, 2.75) is 39.8 Å². The first-order valence-corrected chi connectivity index (χ1v) is 8.41. The van der Waals surface area contributed by atoms with Gasteiger partial charge in [-0.15, -0.1) is 0 Å². The van der Waals surface area contributed by atoms with Crippen molar-refractivity contribution in [2.24, 2.45) is 0 Å². The van der Waals surface area contributed by atoms with E-state index >= 15 is 0 Å². The lowest BCUT2D eigenvalue weighted by molar-refractivity contribution is -0.121. The molecule has 1 aliphatic rings. The summed E-state index contributed by atoms with van der Waals surface area (Å²) in [5, 5.41) is 6.00. The molecule has 7 heteroatoms. The van der Waals surface area contributed by atoms with Crippen molar-refractivity contribution < 1.29 is 4.79 Å². The zero-order chi connectivity index (χ0) is 18.0. The van der Waals surface area contributed by atoms with E-state index in [4.69, 9.17) is 5.73 Å². The Balaban J connectivity index is 1.72. The minimum absolute atomic E-state index is 0.00107. The molecule has 1 amide bonds. The van der Waals surface area contributed by atoms with Gasteiger partial charge in [0, 0.05) is 24.5 Å². The number of amides is 1. The van der Waals surface area contributed by atoms with E-state index in [9.17, 15) is 9.59 Å². The molecule has 2 aromatic heterocycles. The topological polar surface area (TPSA) is 102 Å². The highest BCUT2D eigenvalue weighted by molar-refractivity contribution is 5.76. The van der Waals surface area contributed by atoms with Gasteiger partial charge < -0.3 is 20.9 Å². The van der Waals surface area contributed by atoms with Crippen molar-refractivity contribution in [1.29, 1.82) is 0 Å². The number of pyridine rings is 2. The molecule has 0 atom stereocenters. The average Bonchev–Trinajstić information content (AvgIpc) is 2.58. The van der Waals surface area contributed by atoms with Gasteiger partial charge in [-0.2, -0.15) is 0 Å². The Labute approximate surface area is 146 Å². The first-order chi connectivity index (χ1) is 12.0. The minimum atomic E-state index is -0.211. The van der Waals surface area contributed by atoms with E-state index in [-0.39, 0.29) is 18.0 Å². The molecule has 0 fully saturated rings. The van der Waals surface area contributed by atoms with Gasteiger partial charge in [-0.3, -0.25) is 9.59 Å². The molecule has 0 radical (unpaired) electrons. The highest BCUT2D eigenvalue weighted by Crippen LogP contribution is 2.18. The number of aryl methyl sites for hydroxylation is 3. The maximum absolute atomic E-state index is 12.6. The number of carbonyl (C=O) groups is 1. The van der Waals surface area contributed by atoms with Gasteiger partial charge in [0.1, 0.15) is 18.1 Å². The van der Waals surface area contributed by atoms with E-state index < -0.39 is 0 Å². The van der Waals surface area contributed by atoms with Crippen LogP contribution in [0.1, 0.15) is 28.9 Å². The van der Waals surface area contributed by atoms with Crippen LogP contribution in [-0.2, 0) is 24.3 Å². The van der Waals surface area contributed by atoms with Gasteiger partial charge in [-0.1, -0.05) is 6.07 Å². The van der Waals surface area contributed by atoms with E-state index in [1.165, 1.54) is 4.57 Å². The standard InChI is InChI=1S/C18H23N5O2/c1-11-8-13-4-3-7-20-17(13)18(25)23(11)10-16(24)21-9-14-5-6-15(19)22-12(14)2/h5-6,8,20H,3-4,7,9-10H2,1-2H3,(H2,19,22)(H,21,24). The van der Waals surface area contributed by atoms with Crippen LogP contribution in [0.3, 0.4) is 0 Å². The smallest absolute Gasteiger partial charge is 0.274 e. The highest BCUT2D eigenvalue weighted by atomic mass is 16.2. The van der Waals surface area contributed by atoms with Gasteiger partial charge >= 0.3 is 0 Å². The second-order valence-corrected chi connectivity index (χ2v) is 6.36. The van der Waals surface area contributed by atoms with Crippen molar-refractivity contribution in [2.75, 3.05) is 17.6 Å². The summed E-state index contributed by atoms with van der Waals surface area (Å²) in [6.45, 7) is 4.86. The van der Waals surface area contributed by atoms with Gasteiger partial charge in [0.05, 0.1) is 0 Å². The minimum Gasteiger partial charge on any atom is -0.384 e. The third-order valence-corrected chi connectivity index (χ3v) is 4.51. The number of carbonyl (C=O) groups excluding carboxylic acids is 1. The van der Waals surface area contributed by atoms with Crippen LogP contribution in [0.5, 0.6) is 0 Å². The molecule has 0 aliphatic carbocycles. The summed E-state index contributed by atoms with van der Waals surface area (Å²) >= 11 is 0. The quantitative estimate of drug-likeness (QED) is 0.773. The van der Waals surface area contributed by atoms with Crippen LogP contribution in [0.15, 0.2) is 23.0 Å². The van der Waals surface area contributed by atoms with Crippen molar-refractivity contribution in [1.82, 2.24) is 14.9 Å². The number of nitrogens with zero attached hydrogens (tertiary/aromatic N) is 2. The summed E-state index contributed by atoms with van der Waals surface area (Å²) in [5.74, 6) is 0.244. The van der Waals surface area contributed by atoms with E-state index in [1.54, 1.807) is 6.07 Å². The van der Waals surface area contributed by atoms with Crippen molar-refractivity contribution in [3.8, 4) is 0 Å². The number of nitrogens with one attached hydrogen (secondary N) is 2. The van der Waals surface area contributed by atoms with Gasteiger partial charge in [0.25, 0.3) is 5.56 Å². The third kappa shape index (κ3) is 3.65. The lowest BCUT2D eigenvalue weighted by atomic mass is 10.0. The molecular formula is C18H23N5O2. The number of aromatic nitrogens is 2. The monoisotopic (exact) mass is 341 g/mol. The van der Waals surface area contributed by atoms with E-state index in [1.807, 2.05) is 26.0 Å². The zero-order valence-electron chi connectivity index (χ0n) is 14.6. The molecule has 0 saturated heterocycles.